The molecule has 4 rings (SSSR count). The van der Waals surface area contributed by atoms with Crippen molar-refractivity contribution < 1.29 is 13.9 Å². The standard InChI is InChI=1S/C22H18N2O4/c1-2-14-8-9-17-16(11-21(25)28-20(17)10-14)13-27-22(26)19-12-18(23-24-19)15-6-4-3-5-7-15/h3-12H,2,13H2,1H3,(H,23,24). The molecule has 0 bridgehead atoms. The van der Waals surface area contributed by atoms with Gasteiger partial charge in [-0.15, -0.1) is 0 Å². The number of hydrogen-bond acceptors (Lipinski definition) is 5. The van der Waals surface area contributed by atoms with Gasteiger partial charge in [-0.3, -0.25) is 5.10 Å². The first-order valence-corrected chi connectivity index (χ1v) is 8.97. The number of nitrogens with zero attached hydrogens (tertiary/aromatic N) is 1. The molecule has 2 heterocycles. The van der Waals surface area contributed by atoms with E-state index in [2.05, 4.69) is 10.2 Å². The fourth-order valence-electron chi connectivity index (χ4n) is 3.02. The summed E-state index contributed by atoms with van der Waals surface area (Å²) in [5.41, 5.74) is 3.49. The molecule has 28 heavy (non-hydrogen) atoms. The van der Waals surface area contributed by atoms with Crippen molar-refractivity contribution in [2.75, 3.05) is 0 Å². The Balaban J connectivity index is 1.54. The number of rotatable bonds is 5. The number of aryl methyl sites for hydroxylation is 1. The molecule has 140 valence electrons. The minimum absolute atomic E-state index is 0.0356. The van der Waals surface area contributed by atoms with Gasteiger partial charge in [-0.2, -0.15) is 5.10 Å². The molecule has 0 saturated carbocycles. The highest BCUT2D eigenvalue weighted by atomic mass is 16.5. The quantitative estimate of drug-likeness (QED) is 0.420. The summed E-state index contributed by atoms with van der Waals surface area (Å²) in [6, 6.07) is 18.2. The second-order valence-electron chi connectivity index (χ2n) is 6.38. The lowest BCUT2D eigenvalue weighted by atomic mass is 10.1. The molecular formula is C22H18N2O4. The van der Waals surface area contributed by atoms with Crippen molar-refractivity contribution in [3.8, 4) is 11.3 Å². The summed E-state index contributed by atoms with van der Waals surface area (Å²) in [5.74, 6) is -0.541. The van der Waals surface area contributed by atoms with Gasteiger partial charge >= 0.3 is 11.6 Å². The molecule has 0 fully saturated rings. The van der Waals surface area contributed by atoms with E-state index in [9.17, 15) is 9.59 Å². The molecule has 0 atom stereocenters. The van der Waals surface area contributed by atoms with Crippen molar-refractivity contribution in [2.45, 2.75) is 20.0 Å². The predicted octanol–water partition coefficient (Wildman–Crippen LogP) is 4.10. The second kappa shape index (κ2) is 7.52. The topological polar surface area (TPSA) is 85.2 Å². The monoisotopic (exact) mass is 374 g/mol. The Bertz CT molecular complexity index is 1190. The third-order valence-corrected chi connectivity index (χ3v) is 4.53. The van der Waals surface area contributed by atoms with Crippen LogP contribution in [0, 0.1) is 0 Å². The van der Waals surface area contributed by atoms with Gasteiger partial charge in [0.15, 0.2) is 0 Å². The van der Waals surface area contributed by atoms with Gasteiger partial charge in [-0.1, -0.05) is 49.4 Å². The first-order valence-electron chi connectivity index (χ1n) is 8.97. The van der Waals surface area contributed by atoms with Crippen molar-refractivity contribution in [1.29, 1.82) is 0 Å². The Labute approximate surface area is 160 Å². The average Bonchev–Trinajstić information content (AvgIpc) is 3.22. The van der Waals surface area contributed by atoms with Crippen LogP contribution in [0.1, 0.15) is 28.5 Å². The van der Waals surface area contributed by atoms with Crippen molar-refractivity contribution >= 4 is 16.9 Å². The van der Waals surface area contributed by atoms with E-state index in [1.54, 1.807) is 6.07 Å². The lowest BCUT2D eigenvalue weighted by Crippen LogP contribution is -2.08. The molecule has 0 unspecified atom stereocenters. The van der Waals surface area contributed by atoms with Crippen LogP contribution in [0.25, 0.3) is 22.2 Å². The molecule has 0 aliphatic carbocycles. The number of aromatic amines is 1. The third-order valence-electron chi connectivity index (χ3n) is 4.53. The molecule has 0 spiro atoms. The zero-order chi connectivity index (χ0) is 19.5. The SMILES string of the molecule is CCc1ccc2c(COC(=O)c3cc(-c4ccccc4)n[nH]3)cc(=O)oc2c1. The normalized spacial score (nSPS) is 10.9. The molecule has 2 aromatic heterocycles. The van der Waals surface area contributed by atoms with Gasteiger partial charge in [0.1, 0.15) is 17.9 Å². The first kappa shape index (κ1) is 17.7. The van der Waals surface area contributed by atoms with Crippen molar-refractivity contribution in [1.82, 2.24) is 10.2 Å². The van der Waals surface area contributed by atoms with Crippen LogP contribution in [-0.2, 0) is 17.8 Å². The van der Waals surface area contributed by atoms with Gasteiger partial charge < -0.3 is 9.15 Å². The zero-order valence-electron chi connectivity index (χ0n) is 15.3. The molecule has 6 heteroatoms. The molecule has 6 nitrogen and oxygen atoms in total. The number of hydrogen-bond donors (Lipinski definition) is 1. The van der Waals surface area contributed by atoms with Gasteiger partial charge in [-0.25, -0.2) is 9.59 Å². The minimum Gasteiger partial charge on any atom is -0.456 e. The summed E-state index contributed by atoms with van der Waals surface area (Å²) in [4.78, 5) is 24.2. The highest BCUT2D eigenvalue weighted by Crippen LogP contribution is 2.21. The van der Waals surface area contributed by atoms with Crippen LogP contribution in [0.3, 0.4) is 0 Å². The zero-order valence-corrected chi connectivity index (χ0v) is 15.3. The largest absolute Gasteiger partial charge is 0.456 e. The molecule has 1 N–H and O–H groups in total. The fraction of sp³-hybridized carbons (Fsp3) is 0.136. The molecular weight excluding hydrogens is 356 g/mol. The summed E-state index contributed by atoms with van der Waals surface area (Å²) in [6.45, 7) is 1.99. The van der Waals surface area contributed by atoms with Gasteiger partial charge in [0.05, 0.1) is 5.69 Å². The highest BCUT2D eigenvalue weighted by Gasteiger charge is 2.14. The van der Waals surface area contributed by atoms with Gasteiger partial charge in [0.2, 0.25) is 0 Å². The van der Waals surface area contributed by atoms with E-state index < -0.39 is 11.6 Å². The highest BCUT2D eigenvalue weighted by molar-refractivity contribution is 5.89. The van der Waals surface area contributed by atoms with E-state index in [1.807, 2.05) is 55.5 Å². The number of aromatic nitrogens is 2. The number of esters is 1. The Morgan fingerprint density at radius 2 is 1.93 bits per heavy atom. The van der Waals surface area contributed by atoms with E-state index in [4.69, 9.17) is 9.15 Å². The summed E-state index contributed by atoms with van der Waals surface area (Å²) < 4.78 is 10.7. The average molecular weight is 374 g/mol. The summed E-state index contributed by atoms with van der Waals surface area (Å²) in [5, 5.41) is 7.60. The van der Waals surface area contributed by atoms with E-state index in [-0.39, 0.29) is 12.3 Å². The van der Waals surface area contributed by atoms with Crippen molar-refractivity contribution in [2.24, 2.45) is 0 Å². The molecule has 4 aromatic rings. The Morgan fingerprint density at radius 1 is 1.11 bits per heavy atom. The summed E-state index contributed by atoms with van der Waals surface area (Å²) in [6.07, 6.45) is 0.836. The lowest BCUT2D eigenvalue weighted by Gasteiger charge is -2.07. The number of H-pyrrole nitrogens is 1. The Hall–Kier alpha value is -3.67. The van der Waals surface area contributed by atoms with Crippen molar-refractivity contribution in [3.63, 3.8) is 0 Å². The van der Waals surface area contributed by atoms with Crippen LogP contribution in [0.5, 0.6) is 0 Å². The number of nitrogens with one attached hydrogen (secondary N) is 1. The van der Waals surface area contributed by atoms with Gasteiger partial charge in [0, 0.05) is 22.6 Å². The number of carbonyl (C=O) groups is 1. The van der Waals surface area contributed by atoms with Crippen LogP contribution < -0.4 is 5.63 Å². The second-order valence-corrected chi connectivity index (χ2v) is 6.38. The number of ether oxygens (including phenoxy) is 1. The maximum absolute atomic E-state index is 12.4. The maximum Gasteiger partial charge on any atom is 0.356 e. The molecule has 0 saturated heterocycles. The smallest absolute Gasteiger partial charge is 0.356 e. The lowest BCUT2D eigenvalue weighted by molar-refractivity contribution is 0.0467. The molecule has 0 radical (unpaired) electrons. The van der Waals surface area contributed by atoms with Gasteiger partial charge in [-0.05, 0) is 24.1 Å². The van der Waals surface area contributed by atoms with Gasteiger partial charge in [0.25, 0.3) is 0 Å². The predicted molar refractivity (Wildman–Crippen MR) is 105 cm³/mol. The van der Waals surface area contributed by atoms with Crippen LogP contribution in [0.15, 0.2) is 69.9 Å². The minimum atomic E-state index is -0.541. The third kappa shape index (κ3) is 3.57. The number of fused-ring (bicyclic) bond motifs is 1. The summed E-state index contributed by atoms with van der Waals surface area (Å²) >= 11 is 0. The molecule has 0 amide bonds. The maximum atomic E-state index is 12.4. The Morgan fingerprint density at radius 3 is 2.71 bits per heavy atom. The van der Waals surface area contributed by atoms with E-state index in [0.717, 1.165) is 22.9 Å². The Kier molecular flexibility index (Phi) is 4.76. The molecule has 0 aliphatic rings. The fourth-order valence-corrected chi connectivity index (χ4v) is 3.02. The number of carbonyl (C=O) groups excluding carboxylic acids is 1. The van der Waals surface area contributed by atoms with E-state index >= 15 is 0 Å². The molecule has 0 aliphatic heterocycles. The van der Waals surface area contributed by atoms with E-state index in [1.165, 1.54) is 6.07 Å². The number of benzene rings is 2. The van der Waals surface area contributed by atoms with Crippen molar-refractivity contribution in [3.05, 3.63) is 87.9 Å². The molecule has 2 aromatic carbocycles. The van der Waals surface area contributed by atoms with E-state index in [0.29, 0.717) is 16.8 Å². The van der Waals surface area contributed by atoms with Crippen LogP contribution in [-0.4, -0.2) is 16.2 Å². The van der Waals surface area contributed by atoms with Crippen LogP contribution >= 0.6 is 0 Å². The summed E-state index contributed by atoms with van der Waals surface area (Å²) in [7, 11) is 0. The first-order chi connectivity index (χ1) is 13.6. The van der Waals surface area contributed by atoms with Crippen LogP contribution in [0.4, 0.5) is 0 Å². The van der Waals surface area contributed by atoms with Crippen LogP contribution in [0.2, 0.25) is 0 Å².